The van der Waals surface area contributed by atoms with Gasteiger partial charge in [0.15, 0.2) is 0 Å². The van der Waals surface area contributed by atoms with E-state index in [0.717, 1.165) is 0 Å². The summed E-state index contributed by atoms with van der Waals surface area (Å²) in [5.74, 6) is 0.145. The second kappa shape index (κ2) is 9.35. The smallest absolute Gasteiger partial charge is 0.413 e. The highest BCUT2D eigenvalue weighted by Crippen LogP contribution is 1.75. The van der Waals surface area contributed by atoms with E-state index in [2.05, 4.69) is 39.9 Å². The predicted octanol–water partition coefficient (Wildman–Crippen LogP) is 0.831. The Balaban J connectivity index is 0. The molecule has 5 nitrogen and oxygen atoms in total. The van der Waals surface area contributed by atoms with Crippen molar-refractivity contribution in [2.24, 2.45) is 9.98 Å². The van der Waals surface area contributed by atoms with E-state index in [1.165, 1.54) is 14.2 Å². The molecule has 0 saturated carbocycles. The zero-order valence-corrected chi connectivity index (χ0v) is 7.33. The van der Waals surface area contributed by atoms with Gasteiger partial charge in [-0.3, -0.25) is 10.3 Å². The van der Waals surface area contributed by atoms with Crippen molar-refractivity contribution >= 4 is 18.8 Å². The lowest BCUT2D eigenvalue weighted by molar-refractivity contribution is 0.176. The molecule has 0 atom stereocenters. The molecule has 0 unspecified atom stereocenters. The quantitative estimate of drug-likeness (QED) is 0.333. The number of amides is 1. The predicted molar refractivity (Wildman–Crippen MR) is 49.7 cm³/mol. The van der Waals surface area contributed by atoms with Crippen molar-refractivity contribution in [3.8, 4) is 0 Å². The molecule has 0 heterocycles. The number of carbonyl (C=O) groups excluding carboxylic acids is 1. The number of nitrogens with one attached hydrogen (secondary N) is 1. The normalized spacial score (nSPS) is 9.00. The fourth-order valence-electron chi connectivity index (χ4n) is 0.308. The Bertz CT molecular complexity index is 177. The molecule has 0 radical (unpaired) electrons. The molecule has 0 aromatic rings. The Morgan fingerprint density at radius 1 is 1.50 bits per heavy atom. The first-order valence-corrected chi connectivity index (χ1v) is 3.03. The Kier molecular flexibility index (Phi) is 10.1. The van der Waals surface area contributed by atoms with Gasteiger partial charge in [-0.05, 0) is 6.72 Å². The molecular formula is C7H13N3O2. The van der Waals surface area contributed by atoms with Crippen molar-refractivity contribution in [1.82, 2.24) is 5.32 Å². The van der Waals surface area contributed by atoms with E-state index >= 15 is 0 Å². The molecule has 68 valence electrons. The fourth-order valence-corrected chi connectivity index (χ4v) is 0.308. The number of carbonyl (C=O) groups is 1. The molecule has 0 aliphatic carbocycles. The third-order valence-electron chi connectivity index (χ3n) is 0.761. The maximum Gasteiger partial charge on any atom is 0.413 e. The average molecular weight is 171 g/mol. The van der Waals surface area contributed by atoms with E-state index in [9.17, 15) is 4.79 Å². The van der Waals surface area contributed by atoms with Crippen molar-refractivity contribution < 1.29 is 9.53 Å². The molecule has 0 saturated heterocycles. The van der Waals surface area contributed by atoms with Crippen molar-refractivity contribution in [2.75, 3.05) is 14.2 Å². The minimum absolute atomic E-state index is 0.145. The lowest BCUT2D eigenvalue weighted by atomic mass is 10.9. The highest BCUT2D eigenvalue weighted by molar-refractivity contribution is 5.95. The van der Waals surface area contributed by atoms with Crippen LogP contribution in [0.15, 0.2) is 23.1 Å². The maximum atomic E-state index is 10.4. The fraction of sp³-hybridized carbons (Fsp3) is 0.286. The van der Waals surface area contributed by atoms with Crippen LogP contribution in [-0.4, -0.2) is 32.9 Å². The van der Waals surface area contributed by atoms with Crippen LogP contribution in [0.2, 0.25) is 0 Å². The first-order chi connectivity index (χ1) is 5.74. The second-order valence-electron chi connectivity index (χ2n) is 1.32. The molecule has 12 heavy (non-hydrogen) atoms. The molecule has 0 aliphatic rings. The van der Waals surface area contributed by atoms with Crippen molar-refractivity contribution in [1.29, 1.82) is 0 Å². The minimum Gasteiger partial charge on any atom is -0.453 e. The van der Waals surface area contributed by atoms with Crippen LogP contribution in [0, 0.1) is 0 Å². The van der Waals surface area contributed by atoms with Crippen LogP contribution in [0.3, 0.4) is 0 Å². The van der Waals surface area contributed by atoms with E-state index < -0.39 is 6.09 Å². The van der Waals surface area contributed by atoms with Gasteiger partial charge in [0, 0.05) is 7.05 Å². The van der Waals surface area contributed by atoms with Crippen LogP contribution in [0.1, 0.15) is 0 Å². The summed E-state index contributed by atoms with van der Waals surface area (Å²) in [6.45, 7) is 9.17. The van der Waals surface area contributed by atoms with Crippen molar-refractivity contribution in [2.45, 2.75) is 0 Å². The van der Waals surface area contributed by atoms with Crippen LogP contribution in [0.4, 0.5) is 4.79 Å². The zero-order chi connectivity index (χ0) is 9.98. The highest BCUT2D eigenvalue weighted by Gasteiger charge is 1.99. The molecule has 1 amide bonds. The van der Waals surface area contributed by atoms with Gasteiger partial charge in [0.1, 0.15) is 0 Å². The Labute approximate surface area is 71.9 Å². The number of rotatable bonds is 0. The molecule has 0 fully saturated rings. The van der Waals surface area contributed by atoms with E-state index in [4.69, 9.17) is 0 Å². The van der Waals surface area contributed by atoms with Crippen LogP contribution in [0.5, 0.6) is 0 Å². The van der Waals surface area contributed by atoms with Gasteiger partial charge in [-0.25, -0.2) is 9.79 Å². The number of hydrogen-bond acceptors (Lipinski definition) is 3. The van der Waals surface area contributed by atoms with Gasteiger partial charge in [-0.1, -0.05) is 0 Å². The number of alkyl carbamates (subject to hydrolysis) is 1. The number of guanidine groups is 1. The van der Waals surface area contributed by atoms with Gasteiger partial charge in [0.25, 0.3) is 0 Å². The molecule has 0 bridgehead atoms. The third-order valence-corrected chi connectivity index (χ3v) is 0.761. The standard InChI is InChI=1S/C5H9N3O2.C2H4/c1-6-4(7-2)8-5(9)10-3;1-2/h1H2,2-3H3,(H,7,8,9);1-2H2. The van der Waals surface area contributed by atoms with Crippen LogP contribution < -0.4 is 5.32 Å². The molecule has 0 spiro atoms. The summed E-state index contributed by atoms with van der Waals surface area (Å²) in [6.07, 6.45) is -0.604. The number of methoxy groups -OCH3 is 1. The summed E-state index contributed by atoms with van der Waals surface area (Å²) in [6, 6.07) is 0. The van der Waals surface area contributed by atoms with Crippen molar-refractivity contribution in [3.63, 3.8) is 0 Å². The topological polar surface area (TPSA) is 63.0 Å². The zero-order valence-electron chi connectivity index (χ0n) is 7.33. The molecule has 5 heteroatoms. The highest BCUT2D eigenvalue weighted by atomic mass is 16.5. The van der Waals surface area contributed by atoms with Gasteiger partial charge in [0.2, 0.25) is 5.96 Å². The van der Waals surface area contributed by atoms with E-state index in [0.29, 0.717) is 0 Å². The second-order valence-corrected chi connectivity index (χ2v) is 1.32. The molecule has 0 aromatic heterocycles. The Hall–Kier alpha value is -1.65. The molecule has 0 aliphatic heterocycles. The van der Waals surface area contributed by atoms with Crippen LogP contribution >= 0.6 is 0 Å². The van der Waals surface area contributed by atoms with E-state index in [1.807, 2.05) is 0 Å². The molecule has 0 aromatic carbocycles. The maximum absolute atomic E-state index is 10.4. The largest absolute Gasteiger partial charge is 0.453 e. The van der Waals surface area contributed by atoms with Crippen LogP contribution in [-0.2, 0) is 4.74 Å². The first-order valence-electron chi connectivity index (χ1n) is 3.03. The summed E-state index contributed by atoms with van der Waals surface area (Å²) < 4.78 is 4.27. The number of hydrogen-bond donors (Lipinski definition) is 1. The number of nitrogens with zero attached hydrogens (tertiary/aromatic N) is 2. The van der Waals surface area contributed by atoms with Gasteiger partial charge in [0.05, 0.1) is 7.11 Å². The summed E-state index contributed by atoms with van der Waals surface area (Å²) in [5.41, 5.74) is 0. The molecule has 0 rings (SSSR count). The Morgan fingerprint density at radius 3 is 2.25 bits per heavy atom. The molecule has 1 N–H and O–H groups in total. The van der Waals surface area contributed by atoms with Crippen molar-refractivity contribution in [3.05, 3.63) is 13.2 Å². The monoisotopic (exact) mass is 171 g/mol. The summed E-state index contributed by atoms with van der Waals surface area (Å²) >= 11 is 0. The lowest BCUT2D eigenvalue weighted by Gasteiger charge is -1.99. The van der Waals surface area contributed by atoms with Crippen LogP contribution in [0.25, 0.3) is 0 Å². The average Bonchev–Trinajstić information content (AvgIpc) is 2.16. The minimum atomic E-state index is -0.604. The molecular weight excluding hydrogens is 158 g/mol. The van der Waals surface area contributed by atoms with Gasteiger partial charge >= 0.3 is 6.09 Å². The lowest BCUT2D eigenvalue weighted by Crippen LogP contribution is -2.28. The first kappa shape index (κ1) is 13.0. The third kappa shape index (κ3) is 6.47. The summed E-state index contributed by atoms with van der Waals surface area (Å²) in [4.78, 5) is 17.4. The van der Waals surface area contributed by atoms with Gasteiger partial charge in [-0.2, -0.15) is 0 Å². The van der Waals surface area contributed by atoms with E-state index in [-0.39, 0.29) is 5.96 Å². The summed E-state index contributed by atoms with van der Waals surface area (Å²) in [7, 11) is 2.74. The van der Waals surface area contributed by atoms with Gasteiger partial charge in [-0.15, -0.1) is 13.2 Å². The van der Waals surface area contributed by atoms with Gasteiger partial charge < -0.3 is 4.74 Å². The number of aliphatic imine (C=N–C) groups is 2. The Morgan fingerprint density at radius 2 is 2.00 bits per heavy atom. The number of ether oxygens (including phenoxy) is 1. The SMILES string of the molecule is C=C.C=NC(=NC)NC(=O)OC. The summed E-state index contributed by atoms with van der Waals surface area (Å²) in [5, 5.41) is 2.23. The van der Waals surface area contributed by atoms with E-state index in [1.54, 1.807) is 0 Å².